The van der Waals surface area contributed by atoms with Crippen molar-refractivity contribution >= 4 is 5.97 Å². The largest absolute Gasteiger partial charge is 0.466 e. The highest BCUT2D eigenvalue weighted by molar-refractivity contribution is 5.72. The Balaban J connectivity index is 2.18. The monoisotopic (exact) mass is 240 g/mol. The third-order valence-electron chi connectivity index (χ3n) is 3.31. The molecule has 0 aromatic rings. The van der Waals surface area contributed by atoms with Crippen molar-refractivity contribution in [1.29, 1.82) is 0 Å². The van der Waals surface area contributed by atoms with E-state index in [1.165, 1.54) is 0 Å². The lowest BCUT2D eigenvalue weighted by Gasteiger charge is -2.25. The van der Waals surface area contributed by atoms with Crippen molar-refractivity contribution in [1.82, 2.24) is 0 Å². The van der Waals surface area contributed by atoms with Gasteiger partial charge in [0.05, 0.1) is 19.1 Å². The van der Waals surface area contributed by atoms with Crippen LogP contribution in [0.25, 0.3) is 0 Å². The first-order chi connectivity index (χ1) is 8.15. The van der Waals surface area contributed by atoms with Gasteiger partial charge in [0, 0.05) is 6.61 Å². The minimum Gasteiger partial charge on any atom is -0.466 e. The second-order valence-electron chi connectivity index (χ2n) is 4.87. The molecule has 17 heavy (non-hydrogen) atoms. The maximum Gasteiger partial charge on any atom is 0.310 e. The van der Waals surface area contributed by atoms with Crippen LogP contribution in [0.4, 0.5) is 0 Å². The number of esters is 1. The lowest BCUT2D eigenvalue weighted by Crippen LogP contribution is -2.24. The molecule has 1 aliphatic rings. The summed E-state index contributed by atoms with van der Waals surface area (Å²) in [4.78, 5) is 11.4. The van der Waals surface area contributed by atoms with Gasteiger partial charge in [0.25, 0.3) is 0 Å². The molecule has 98 valence electrons. The zero-order chi connectivity index (χ0) is 12.7. The molecule has 0 amide bonds. The zero-order valence-corrected chi connectivity index (χ0v) is 11.1. The number of hydrogen-bond acceptors (Lipinski definition) is 3. The van der Waals surface area contributed by atoms with Crippen molar-refractivity contribution in [2.75, 3.05) is 19.8 Å². The van der Waals surface area contributed by atoms with Crippen LogP contribution in [0.2, 0.25) is 0 Å². The van der Waals surface area contributed by atoms with Crippen molar-refractivity contribution in [3.63, 3.8) is 0 Å². The van der Waals surface area contributed by atoms with Crippen LogP contribution in [0.3, 0.4) is 0 Å². The highest BCUT2D eigenvalue weighted by atomic mass is 16.5. The van der Waals surface area contributed by atoms with E-state index in [-0.39, 0.29) is 11.9 Å². The Kier molecular flexibility index (Phi) is 6.27. The molecule has 0 spiro atoms. The standard InChI is InChI=1S/C14H24O3/c1-4-17-14(15)12(3)9-16-10-13-8-6-5-7-11(13)2/h5-6,11-13H,4,7-10H2,1-3H3. The predicted octanol–water partition coefficient (Wildman–Crippen LogP) is 2.80. The van der Waals surface area contributed by atoms with Crippen molar-refractivity contribution in [3.05, 3.63) is 12.2 Å². The topological polar surface area (TPSA) is 35.5 Å². The Morgan fingerprint density at radius 1 is 1.41 bits per heavy atom. The van der Waals surface area contributed by atoms with E-state index in [0.29, 0.717) is 25.0 Å². The molecule has 3 unspecified atom stereocenters. The molecule has 0 saturated heterocycles. The molecule has 0 bridgehead atoms. The van der Waals surface area contributed by atoms with Crippen LogP contribution in [0.1, 0.15) is 33.6 Å². The summed E-state index contributed by atoms with van der Waals surface area (Å²) < 4.78 is 10.6. The summed E-state index contributed by atoms with van der Waals surface area (Å²) in [5.74, 6) is 0.945. The Morgan fingerprint density at radius 2 is 2.12 bits per heavy atom. The third-order valence-corrected chi connectivity index (χ3v) is 3.31. The molecule has 1 rings (SSSR count). The molecule has 0 fully saturated rings. The fourth-order valence-electron chi connectivity index (χ4n) is 1.99. The van der Waals surface area contributed by atoms with Gasteiger partial charge in [-0.15, -0.1) is 0 Å². The van der Waals surface area contributed by atoms with Crippen LogP contribution in [0.15, 0.2) is 12.2 Å². The van der Waals surface area contributed by atoms with Crippen LogP contribution >= 0.6 is 0 Å². The molecule has 0 aliphatic heterocycles. The van der Waals surface area contributed by atoms with E-state index >= 15 is 0 Å². The van der Waals surface area contributed by atoms with E-state index in [1.807, 2.05) is 13.8 Å². The van der Waals surface area contributed by atoms with Gasteiger partial charge in [-0.25, -0.2) is 0 Å². The minimum absolute atomic E-state index is 0.163. The number of ether oxygens (including phenoxy) is 2. The predicted molar refractivity (Wildman–Crippen MR) is 67.6 cm³/mol. The number of rotatable bonds is 6. The van der Waals surface area contributed by atoms with Gasteiger partial charge in [-0.3, -0.25) is 4.79 Å². The number of allylic oxidation sites excluding steroid dienone is 2. The number of hydrogen-bond donors (Lipinski definition) is 0. The van der Waals surface area contributed by atoms with E-state index in [4.69, 9.17) is 9.47 Å². The quantitative estimate of drug-likeness (QED) is 0.529. The highest BCUT2D eigenvalue weighted by Crippen LogP contribution is 2.25. The first kappa shape index (κ1) is 14.2. The maximum absolute atomic E-state index is 11.4. The molecule has 3 nitrogen and oxygen atoms in total. The zero-order valence-electron chi connectivity index (χ0n) is 11.1. The molecule has 0 saturated carbocycles. The summed E-state index contributed by atoms with van der Waals surface area (Å²) >= 11 is 0. The SMILES string of the molecule is CCOC(=O)C(C)COCC1CC=CCC1C. The molecular weight excluding hydrogens is 216 g/mol. The second kappa shape index (κ2) is 7.49. The van der Waals surface area contributed by atoms with E-state index in [0.717, 1.165) is 19.4 Å². The molecular formula is C14H24O3. The van der Waals surface area contributed by atoms with E-state index in [2.05, 4.69) is 19.1 Å². The van der Waals surface area contributed by atoms with Gasteiger partial charge in [-0.05, 0) is 38.5 Å². The van der Waals surface area contributed by atoms with Crippen LogP contribution in [0.5, 0.6) is 0 Å². The summed E-state index contributed by atoms with van der Waals surface area (Å²) in [7, 11) is 0. The normalized spacial score (nSPS) is 25.6. The van der Waals surface area contributed by atoms with Gasteiger partial charge >= 0.3 is 5.97 Å². The van der Waals surface area contributed by atoms with Crippen LogP contribution in [0, 0.1) is 17.8 Å². The molecule has 0 radical (unpaired) electrons. The van der Waals surface area contributed by atoms with Gasteiger partial charge in [-0.1, -0.05) is 19.1 Å². The smallest absolute Gasteiger partial charge is 0.310 e. The minimum atomic E-state index is -0.163. The van der Waals surface area contributed by atoms with E-state index < -0.39 is 0 Å². The van der Waals surface area contributed by atoms with Crippen LogP contribution in [-0.4, -0.2) is 25.8 Å². The van der Waals surface area contributed by atoms with Gasteiger partial charge in [0.15, 0.2) is 0 Å². The molecule has 0 heterocycles. The fraction of sp³-hybridized carbons (Fsp3) is 0.786. The first-order valence-electron chi connectivity index (χ1n) is 6.54. The van der Waals surface area contributed by atoms with Crippen LogP contribution in [-0.2, 0) is 14.3 Å². The molecule has 3 heteroatoms. The van der Waals surface area contributed by atoms with Gasteiger partial charge < -0.3 is 9.47 Å². The third kappa shape index (κ3) is 4.90. The lowest BCUT2D eigenvalue weighted by molar-refractivity contribution is -0.149. The Hall–Kier alpha value is -0.830. The molecule has 3 atom stereocenters. The lowest BCUT2D eigenvalue weighted by atomic mass is 9.85. The molecule has 1 aliphatic carbocycles. The van der Waals surface area contributed by atoms with Crippen LogP contribution < -0.4 is 0 Å². The van der Waals surface area contributed by atoms with E-state index in [9.17, 15) is 4.79 Å². The number of carbonyl (C=O) groups is 1. The average Bonchev–Trinajstić information content (AvgIpc) is 2.31. The van der Waals surface area contributed by atoms with Gasteiger partial charge in [0.2, 0.25) is 0 Å². The summed E-state index contributed by atoms with van der Waals surface area (Å²) in [6, 6.07) is 0. The molecule has 0 aromatic heterocycles. The molecule has 0 N–H and O–H groups in total. The molecule has 0 aromatic carbocycles. The van der Waals surface area contributed by atoms with Gasteiger partial charge in [-0.2, -0.15) is 0 Å². The number of carbonyl (C=O) groups excluding carboxylic acids is 1. The van der Waals surface area contributed by atoms with Gasteiger partial charge in [0.1, 0.15) is 0 Å². The summed E-state index contributed by atoms with van der Waals surface area (Å²) in [5.41, 5.74) is 0. The highest BCUT2D eigenvalue weighted by Gasteiger charge is 2.20. The fourth-order valence-corrected chi connectivity index (χ4v) is 1.99. The van der Waals surface area contributed by atoms with Crippen molar-refractivity contribution < 1.29 is 14.3 Å². The Bertz CT molecular complexity index is 260. The maximum atomic E-state index is 11.4. The van der Waals surface area contributed by atoms with E-state index in [1.54, 1.807) is 0 Å². The first-order valence-corrected chi connectivity index (χ1v) is 6.54. The average molecular weight is 240 g/mol. The van der Waals surface area contributed by atoms with Crippen molar-refractivity contribution in [3.8, 4) is 0 Å². The summed E-state index contributed by atoms with van der Waals surface area (Å²) in [6.45, 7) is 7.57. The van der Waals surface area contributed by atoms with Crippen molar-refractivity contribution in [2.45, 2.75) is 33.6 Å². The second-order valence-corrected chi connectivity index (χ2v) is 4.87. The summed E-state index contributed by atoms with van der Waals surface area (Å²) in [5, 5.41) is 0. The summed E-state index contributed by atoms with van der Waals surface area (Å²) in [6.07, 6.45) is 6.70. The van der Waals surface area contributed by atoms with Crippen molar-refractivity contribution in [2.24, 2.45) is 17.8 Å². The Labute approximate surface area is 104 Å². The Morgan fingerprint density at radius 3 is 2.76 bits per heavy atom.